The third-order valence-corrected chi connectivity index (χ3v) is 5.94. The van der Waals surface area contributed by atoms with Gasteiger partial charge in [0.05, 0.1) is 10.6 Å². The number of hydrogen-bond donors (Lipinski definition) is 2. The number of rotatable bonds is 5. The molecule has 138 valence electrons. The van der Waals surface area contributed by atoms with Gasteiger partial charge in [-0.2, -0.15) is 0 Å². The Bertz CT molecular complexity index is 740. The summed E-state index contributed by atoms with van der Waals surface area (Å²) in [5, 5.41) is 8.48. The van der Waals surface area contributed by atoms with Crippen LogP contribution in [0.1, 0.15) is 21.7 Å². The van der Waals surface area contributed by atoms with Gasteiger partial charge in [-0.05, 0) is 35.9 Å². The molecule has 0 atom stereocenters. The van der Waals surface area contributed by atoms with Crippen molar-refractivity contribution >= 4 is 28.7 Å². The van der Waals surface area contributed by atoms with Gasteiger partial charge < -0.3 is 15.5 Å². The molecule has 2 aliphatic rings. The van der Waals surface area contributed by atoms with Crippen molar-refractivity contribution < 1.29 is 4.79 Å². The van der Waals surface area contributed by atoms with Crippen molar-refractivity contribution in [3.8, 4) is 0 Å². The Hall–Kier alpha value is -2.12. The zero-order valence-corrected chi connectivity index (χ0v) is 15.7. The number of fused-ring (bicyclic) bond motifs is 1. The Kier molecular flexibility index (Phi) is 5.36. The average molecular weight is 372 g/mol. The van der Waals surface area contributed by atoms with E-state index < -0.39 is 0 Å². The summed E-state index contributed by atoms with van der Waals surface area (Å²) in [7, 11) is 0. The number of aryl methyl sites for hydroxylation is 1. The number of carbonyl (C=O) groups excluding carboxylic acids is 1. The third-order valence-electron chi connectivity index (χ3n) is 5.07. The van der Waals surface area contributed by atoms with Gasteiger partial charge in [0, 0.05) is 52.0 Å². The lowest BCUT2D eigenvalue weighted by molar-refractivity contribution is 0.0952. The molecule has 4 heterocycles. The number of hydrogen-bond acceptors (Lipinski definition) is 6. The lowest BCUT2D eigenvalue weighted by Gasteiger charge is -2.37. The molecule has 4 rings (SSSR count). The molecule has 2 aromatic heterocycles. The van der Waals surface area contributed by atoms with E-state index in [1.807, 2.05) is 23.7 Å². The molecule has 0 saturated carbocycles. The van der Waals surface area contributed by atoms with Crippen molar-refractivity contribution in [2.24, 2.45) is 0 Å². The number of pyridine rings is 1. The molecular formula is C19H25N5OS. The fourth-order valence-corrected chi connectivity index (χ4v) is 4.27. The van der Waals surface area contributed by atoms with Gasteiger partial charge in [-0.15, -0.1) is 11.3 Å². The van der Waals surface area contributed by atoms with E-state index in [1.54, 1.807) is 0 Å². The van der Waals surface area contributed by atoms with E-state index in [9.17, 15) is 4.79 Å². The quantitative estimate of drug-likeness (QED) is 0.842. The largest absolute Gasteiger partial charge is 0.382 e. The van der Waals surface area contributed by atoms with E-state index in [1.165, 1.54) is 29.0 Å². The summed E-state index contributed by atoms with van der Waals surface area (Å²) in [6, 6.07) is 5.90. The van der Waals surface area contributed by atoms with Crippen LogP contribution in [0.15, 0.2) is 29.8 Å². The number of nitrogens with zero attached hydrogens (tertiary/aromatic N) is 3. The molecule has 1 saturated heterocycles. The Morgan fingerprint density at radius 3 is 2.96 bits per heavy atom. The van der Waals surface area contributed by atoms with Crippen LogP contribution >= 0.6 is 11.3 Å². The van der Waals surface area contributed by atoms with E-state index >= 15 is 0 Å². The molecular weight excluding hydrogens is 346 g/mol. The van der Waals surface area contributed by atoms with Gasteiger partial charge in [-0.1, -0.05) is 6.07 Å². The number of amides is 1. The summed E-state index contributed by atoms with van der Waals surface area (Å²) in [6.07, 6.45) is 4.27. The molecule has 0 unspecified atom stereocenters. The van der Waals surface area contributed by atoms with Crippen LogP contribution in [-0.4, -0.2) is 61.6 Å². The van der Waals surface area contributed by atoms with Crippen LogP contribution < -0.4 is 15.5 Å². The van der Waals surface area contributed by atoms with Gasteiger partial charge >= 0.3 is 0 Å². The second-order valence-electron chi connectivity index (χ2n) is 6.76. The zero-order chi connectivity index (χ0) is 17.8. The van der Waals surface area contributed by atoms with Crippen LogP contribution in [0.25, 0.3) is 0 Å². The lowest BCUT2D eigenvalue weighted by atomic mass is 10.0. The number of nitrogens with one attached hydrogen (secondary N) is 2. The van der Waals surface area contributed by atoms with Gasteiger partial charge in [-0.3, -0.25) is 9.69 Å². The highest BCUT2D eigenvalue weighted by atomic mass is 32.1. The minimum Gasteiger partial charge on any atom is -0.382 e. The van der Waals surface area contributed by atoms with Crippen molar-refractivity contribution in [3.05, 3.63) is 40.2 Å². The molecule has 1 amide bonds. The molecule has 1 fully saturated rings. The standard InChI is InChI=1S/C19H25N5OS/c25-19(16-4-2-14-26-16)22-8-9-23-10-12-24(13-11-23)18-17-15(5-7-21-18)3-1-6-20-17/h2,4-5,7,14,20H,1,3,6,8-13H2,(H,22,25). The SMILES string of the molecule is O=C(NCCN1CCN(c2nccc3c2NCCC3)CC1)c1cccs1. The van der Waals surface area contributed by atoms with Crippen LogP contribution in [0, 0.1) is 0 Å². The molecule has 0 bridgehead atoms. The van der Waals surface area contributed by atoms with Crippen molar-refractivity contribution in [1.29, 1.82) is 0 Å². The Morgan fingerprint density at radius 2 is 2.15 bits per heavy atom. The maximum atomic E-state index is 12.0. The number of carbonyl (C=O) groups is 1. The zero-order valence-electron chi connectivity index (χ0n) is 14.9. The Balaban J connectivity index is 1.26. The predicted octanol–water partition coefficient (Wildman–Crippen LogP) is 2.05. The van der Waals surface area contributed by atoms with Crippen LogP contribution in [0.3, 0.4) is 0 Å². The molecule has 0 radical (unpaired) electrons. The van der Waals surface area contributed by atoms with Crippen LogP contribution in [0.4, 0.5) is 11.5 Å². The number of thiophene rings is 1. The molecule has 0 spiro atoms. The van der Waals surface area contributed by atoms with Crippen LogP contribution in [0.5, 0.6) is 0 Å². The monoisotopic (exact) mass is 371 g/mol. The fraction of sp³-hybridized carbons (Fsp3) is 0.474. The highest BCUT2D eigenvalue weighted by Gasteiger charge is 2.22. The fourth-order valence-electron chi connectivity index (χ4n) is 3.63. The second kappa shape index (κ2) is 8.05. The molecule has 0 aliphatic carbocycles. The Morgan fingerprint density at radius 1 is 1.27 bits per heavy atom. The smallest absolute Gasteiger partial charge is 0.261 e. The average Bonchev–Trinajstić information content (AvgIpc) is 3.23. The van der Waals surface area contributed by atoms with Crippen LogP contribution in [-0.2, 0) is 6.42 Å². The summed E-state index contributed by atoms with van der Waals surface area (Å²) >= 11 is 1.48. The topological polar surface area (TPSA) is 60.5 Å². The first-order valence-corrected chi connectivity index (χ1v) is 10.2. The molecule has 2 aliphatic heterocycles. The van der Waals surface area contributed by atoms with E-state index in [2.05, 4.69) is 31.5 Å². The van der Waals surface area contributed by atoms with E-state index in [-0.39, 0.29) is 5.91 Å². The van der Waals surface area contributed by atoms with Crippen LogP contribution in [0.2, 0.25) is 0 Å². The molecule has 6 nitrogen and oxygen atoms in total. The van der Waals surface area contributed by atoms with E-state index in [4.69, 9.17) is 0 Å². The normalized spacial score (nSPS) is 17.5. The van der Waals surface area contributed by atoms with Gasteiger partial charge in [-0.25, -0.2) is 4.98 Å². The van der Waals surface area contributed by atoms with E-state index in [0.717, 1.165) is 56.4 Å². The van der Waals surface area contributed by atoms with Crippen molar-refractivity contribution in [1.82, 2.24) is 15.2 Å². The minimum absolute atomic E-state index is 0.0322. The van der Waals surface area contributed by atoms with Gasteiger partial charge in [0.1, 0.15) is 0 Å². The highest BCUT2D eigenvalue weighted by molar-refractivity contribution is 7.12. The first-order chi connectivity index (χ1) is 12.8. The molecule has 7 heteroatoms. The summed E-state index contributed by atoms with van der Waals surface area (Å²) in [5.41, 5.74) is 2.62. The maximum absolute atomic E-state index is 12.0. The summed E-state index contributed by atoms with van der Waals surface area (Å²) < 4.78 is 0. The molecule has 2 N–H and O–H groups in total. The highest BCUT2D eigenvalue weighted by Crippen LogP contribution is 2.31. The predicted molar refractivity (Wildman–Crippen MR) is 106 cm³/mol. The second-order valence-corrected chi connectivity index (χ2v) is 7.71. The first-order valence-electron chi connectivity index (χ1n) is 9.32. The molecule has 2 aromatic rings. The van der Waals surface area contributed by atoms with Gasteiger partial charge in [0.25, 0.3) is 5.91 Å². The third kappa shape index (κ3) is 3.83. The maximum Gasteiger partial charge on any atom is 0.261 e. The van der Waals surface area contributed by atoms with Crippen molar-refractivity contribution in [3.63, 3.8) is 0 Å². The summed E-state index contributed by atoms with van der Waals surface area (Å²) in [4.78, 5) is 22.2. The number of piperazine rings is 1. The van der Waals surface area contributed by atoms with Crippen molar-refractivity contribution in [2.45, 2.75) is 12.8 Å². The number of aromatic nitrogens is 1. The molecule has 26 heavy (non-hydrogen) atoms. The molecule has 0 aromatic carbocycles. The van der Waals surface area contributed by atoms with Gasteiger partial charge in [0.15, 0.2) is 5.82 Å². The summed E-state index contributed by atoms with van der Waals surface area (Å²) in [6.45, 7) is 6.57. The van der Waals surface area contributed by atoms with Crippen molar-refractivity contribution in [2.75, 3.05) is 56.0 Å². The first kappa shape index (κ1) is 17.3. The lowest BCUT2D eigenvalue weighted by Crippen LogP contribution is -2.49. The number of anilines is 2. The van der Waals surface area contributed by atoms with Gasteiger partial charge in [0.2, 0.25) is 0 Å². The minimum atomic E-state index is 0.0322. The van der Waals surface area contributed by atoms with E-state index in [0.29, 0.717) is 6.54 Å². The Labute approximate surface area is 158 Å². The summed E-state index contributed by atoms with van der Waals surface area (Å²) in [5.74, 6) is 1.14.